The summed E-state index contributed by atoms with van der Waals surface area (Å²) in [6.45, 7) is 2.06. The zero-order valence-electron chi connectivity index (χ0n) is 16.6. The van der Waals surface area contributed by atoms with E-state index in [1.54, 1.807) is 0 Å². The molecule has 0 aromatic carbocycles. The Morgan fingerprint density at radius 1 is 0.367 bits per heavy atom. The van der Waals surface area contributed by atoms with E-state index in [-0.39, 0.29) is 12.8 Å². The van der Waals surface area contributed by atoms with Gasteiger partial charge in [-0.15, -0.1) is 0 Å². The van der Waals surface area contributed by atoms with E-state index < -0.39 is 48.1 Å². The fourth-order valence-corrected chi connectivity index (χ4v) is 3.63. The molecule has 0 aromatic rings. The highest BCUT2D eigenvalue weighted by Gasteiger charge is 3.00. The summed E-state index contributed by atoms with van der Waals surface area (Å²) in [6.07, 6.45) is 4.55. The Bertz CT molecular complexity index is 513. The van der Waals surface area contributed by atoms with Gasteiger partial charge in [-0.2, -0.15) is 43.9 Å². The van der Waals surface area contributed by atoms with Crippen molar-refractivity contribution in [1.82, 2.24) is 0 Å². The smallest absolute Gasteiger partial charge is 0.230 e. The summed E-state index contributed by atoms with van der Waals surface area (Å²) in [6, 6.07) is 0. The maximum atomic E-state index is 14.4. The first-order valence-electron chi connectivity index (χ1n) is 10.1. The van der Waals surface area contributed by atoms with Crippen LogP contribution in [0.5, 0.6) is 0 Å². The van der Waals surface area contributed by atoms with Crippen LogP contribution < -0.4 is 0 Å². The third kappa shape index (κ3) is 4.14. The van der Waals surface area contributed by atoms with Gasteiger partial charge in [-0.1, -0.05) is 71.1 Å². The van der Waals surface area contributed by atoms with E-state index in [0.717, 1.165) is 44.9 Å². The van der Waals surface area contributed by atoms with Gasteiger partial charge in [-0.25, -0.2) is 4.39 Å². The number of hydrogen-bond donors (Lipinski definition) is 0. The summed E-state index contributed by atoms with van der Waals surface area (Å²) < 4.78 is 149. The first kappa shape index (κ1) is 27.3. The summed E-state index contributed by atoms with van der Waals surface area (Å²) in [7, 11) is 0. The second-order valence-electron chi connectivity index (χ2n) is 7.96. The lowest BCUT2D eigenvalue weighted by molar-refractivity contribution is -0.485. The minimum atomic E-state index is -7.13. The monoisotopic (exact) mass is 464 g/mol. The van der Waals surface area contributed by atoms with Crippen molar-refractivity contribution in [2.75, 3.05) is 0 Å². The lowest BCUT2D eigenvalue weighted by atomic mass is 9.70. The average molecular weight is 464 g/mol. The van der Waals surface area contributed by atoms with Gasteiger partial charge in [0.2, 0.25) is 5.67 Å². The summed E-state index contributed by atoms with van der Waals surface area (Å²) in [4.78, 5) is 0. The summed E-state index contributed by atoms with van der Waals surface area (Å²) in [5.41, 5.74) is -5.81. The molecule has 0 bridgehead atoms. The van der Waals surface area contributed by atoms with E-state index in [1.807, 2.05) is 0 Å². The van der Waals surface area contributed by atoms with E-state index in [2.05, 4.69) is 6.92 Å². The Hall–Kier alpha value is -0.770. The molecule has 0 atom stereocenters. The van der Waals surface area contributed by atoms with Crippen molar-refractivity contribution in [3.05, 3.63) is 0 Å². The quantitative estimate of drug-likeness (QED) is 0.200. The SMILES string of the molecule is CCCCCCCCCCCCCC1(F)C(F)(F)C(F)(F)C(F)(F)C(F)(F)C1(F)F. The molecule has 0 aromatic heterocycles. The molecule has 0 aliphatic heterocycles. The largest absolute Gasteiger partial charge is 0.384 e. The Kier molecular flexibility index (Phi) is 8.53. The molecular formula is C19H27F11. The van der Waals surface area contributed by atoms with Gasteiger partial charge in [0.15, 0.2) is 0 Å². The molecule has 0 nitrogen and oxygen atoms in total. The van der Waals surface area contributed by atoms with Crippen LogP contribution in [0.1, 0.15) is 84.0 Å². The molecule has 0 radical (unpaired) electrons. The van der Waals surface area contributed by atoms with Crippen LogP contribution in [0, 0.1) is 0 Å². The van der Waals surface area contributed by atoms with E-state index in [1.165, 1.54) is 0 Å². The van der Waals surface area contributed by atoms with Gasteiger partial charge < -0.3 is 0 Å². The molecule has 11 heteroatoms. The second kappa shape index (κ2) is 9.38. The maximum absolute atomic E-state index is 14.4. The predicted octanol–water partition coefficient (Wildman–Crippen LogP) is 8.59. The third-order valence-electron chi connectivity index (χ3n) is 5.70. The minimum absolute atomic E-state index is 0.165. The number of halogens is 11. The summed E-state index contributed by atoms with van der Waals surface area (Å²) >= 11 is 0. The molecule has 1 rings (SSSR count). The number of unbranched alkanes of at least 4 members (excludes halogenated alkanes) is 10. The molecule has 0 N–H and O–H groups in total. The van der Waals surface area contributed by atoms with Gasteiger partial charge in [-0.3, -0.25) is 0 Å². The Labute approximate surface area is 168 Å². The summed E-state index contributed by atoms with van der Waals surface area (Å²) in [5.74, 6) is -34.5. The molecule has 1 aliphatic carbocycles. The van der Waals surface area contributed by atoms with Gasteiger partial charge in [0.25, 0.3) is 0 Å². The van der Waals surface area contributed by atoms with E-state index >= 15 is 0 Å². The normalized spacial score (nSPS) is 25.2. The van der Waals surface area contributed by atoms with Crippen LogP contribution in [0.3, 0.4) is 0 Å². The molecule has 30 heavy (non-hydrogen) atoms. The number of hydrogen-bond acceptors (Lipinski definition) is 0. The van der Waals surface area contributed by atoms with Crippen LogP contribution in [-0.4, -0.2) is 35.3 Å². The fraction of sp³-hybridized carbons (Fsp3) is 1.00. The highest BCUT2D eigenvalue weighted by Crippen LogP contribution is 2.70. The van der Waals surface area contributed by atoms with Crippen LogP contribution in [0.25, 0.3) is 0 Å². The van der Waals surface area contributed by atoms with Gasteiger partial charge in [-0.05, 0) is 12.8 Å². The van der Waals surface area contributed by atoms with Gasteiger partial charge in [0, 0.05) is 0 Å². The highest BCUT2D eigenvalue weighted by atomic mass is 19.4. The first-order chi connectivity index (χ1) is 13.6. The highest BCUT2D eigenvalue weighted by molar-refractivity contribution is 5.26. The Morgan fingerprint density at radius 2 is 0.633 bits per heavy atom. The molecule has 0 amide bonds. The van der Waals surface area contributed by atoms with Gasteiger partial charge in [0.05, 0.1) is 0 Å². The van der Waals surface area contributed by atoms with Gasteiger partial charge >= 0.3 is 29.6 Å². The zero-order valence-corrected chi connectivity index (χ0v) is 16.6. The van der Waals surface area contributed by atoms with Crippen molar-refractivity contribution in [2.24, 2.45) is 0 Å². The second-order valence-corrected chi connectivity index (χ2v) is 7.96. The predicted molar refractivity (Wildman–Crippen MR) is 89.7 cm³/mol. The lowest BCUT2D eigenvalue weighted by Crippen LogP contribution is -2.83. The molecule has 0 heterocycles. The average Bonchev–Trinajstić information content (AvgIpc) is 2.64. The Morgan fingerprint density at radius 3 is 0.967 bits per heavy atom. The van der Waals surface area contributed by atoms with Crippen molar-refractivity contribution in [3.63, 3.8) is 0 Å². The van der Waals surface area contributed by atoms with E-state index in [9.17, 15) is 48.3 Å². The number of rotatable bonds is 12. The molecule has 0 spiro atoms. The van der Waals surface area contributed by atoms with Crippen molar-refractivity contribution < 1.29 is 48.3 Å². The fourth-order valence-electron chi connectivity index (χ4n) is 3.63. The molecular weight excluding hydrogens is 437 g/mol. The van der Waals surface area contributed by atoms with Crippen molar-refractivity contribution in [1.29, 1.82) is 0 Å². The maximum Gasteiger partial charge on any atom is 0.384 e. The lowest BCUT2D eigenvalue weighted by Gasteiger charge is -2.52. The van der Waals surface area contributed by atoms with Crippen molar-refractivity contribution in [2.45, 2.75) is 119 Å². The van der Waals surface area contributed by atoms with E-state index in [4.69, 9.17) is 0 Å². The zero-order chi connectivity index (χ0) is 23.5. The molecule has 0 saturated heterocycles. The topological polar surface area (TPSA) is 0 Å². The number of alkyl halides is 11. The minimum Gasteiger partial charge on any atom is -0.230 e. The van der Waals surface area contributed by atoms with Crippen LogP contribution in [0.2, 0.25) is 0 Å². The molecule has 1 fully saturated rings. The molecule has 0 unspecified atom stereocenters. The van der Waals surface area contributed by atoms with Crippen molar-refractivity contribution >= 4 is 0 Å². The van der Waals surface area contributed by atoms with Crippen LogP contribution in [0.4, 0.5) is 48.3 Å². The summed E-state index contributed by atoms with van der Waals surface area (Å²) in [5, 5.41) is 0. The van der Waals surface area contributed by atoms with Gasteiger partial charge in [0.1, 0.15) is 0 Å². The van der Waals surface area contributed by atoms with Crippen LogP contribution in [-0.2, 0) is 0 Å². The standard InChI is InChI=1S/C19H27F11/c1-2-3-4-5-6-7-8-9-10-11-12-13-14(20)15(21,22)17(25,26)19(29,30)18(27,28)16(14,23)24/h2-13H2,1H3. The van der Waals surface area contributed by atoms with Crippen LogP contribution >= 0.6 is 0 Å². The Balaban J connectivity index is 2.67. The first-order valence-corrected chi connectivity index (χ1v) is 10.1. The molecule has 180 valence electrons. The van der Waals surface area contributed by atoms with E-state index in [0.29, 0.717) is 6.42 Å². The third-order valence-corrected chi connectivity index (χ3v) is 5.70. The molecule has 1 aliphatic rings. The van der Waals surface area contributed by atoms with Crippen molar-refractivity contribution in [3.8, 4) is 0 Å². The molecule has 1 saturated carbocycles. The van der Waals surface area contributed by atoms with Crippen LogP contribution in [0.15, 0.2) is 0 Å².